The number of carbonyl (C=O) groups is 1. The number of methoxy groups -OCH3 is 1. The van der Waals surface area contributed by atoms with Crippen LogP contribution in [0.2, 0.25) is 0 Å². The van der Waals surface area contributed by atoms with E-state index in [4.69, 9.17) is 5.26 Å². The van der Waals surface area contributed by atoms with Crippen molar-refractivity contribution >= 4 is 12.0 Å². The second-order valence-electron chi connectivity index (χ2n) is 2.67. The van der Waals surface area contributed by atoms with Crippen LogP contribution in [0.25, 0.3) is 6.08 Å². The average Bonchev–Trinajstić information content (AvgIpc) is 2.25. The number of hydrogen-bond donors (Lipinski definition) is 0. The Hall–Kier alpha value is -2.15. The van der Waals surface area contributed by atoms with Crippen molar-refractivity contribution in [1.29, 1.82) is 5.26 Å². The molecule has 0 aromatic heterocycles. The summed E-state index contributed by atoms with van der Waals surface area (Å²) >= 11 is 0. The third kappa shape index (κ3) is 2.64. The van der Waals surface area contributed by atoms with Crippen molar-refractivity contribution in [1.82, 2.24) is 0 Å². The van der Waals surface area contributed by atoms with Crippen molar-refractivity contribution in [2.75, 3.05) is 7.11 Å². The third-order valence-electron chi connectivity index (χ3n) is 1.76. The lowest BCUT2D eigenvalue weighted by Gasteiger charge is -1.98. The lowest BCUT2D eigenvalue weighted by molar-refractivity contribution is -0.134. The van der Waals surface area contributed by atoms with Crippen LogP contribution < -0.4 is 0 Å². The maximum atomic E-state index is 13.1. The number of halogens is 1. The van der Waals surface area contributed by atoms with Crippen LogP contribution in [0.15, 0.2) is 24.3 Å². The van der Waals surface area contributed by atoms with Gasteiger partial charge in [0.1, 0.15) is 11.9 Å². The average molecular weight is 205 g/mol. The van der Waals surface area contributed by atoms with Gasteiger partial charge in [0, 0.05) is 6.08 Å². The first kappa shape index (κ1) is 10.9. The molecule has 0 aliphatic heterocycles. The van der Waals surface area contributed by atoms with Gasteiger partial charge in [-0.15, -0.1) is 0 Å². The highest BCUT2D eigenvalue weighted by molar-refractivity contribution is 5.87. The fourth-order valence-corrected chi connectivity index (χ4v) is 1.02. The van der Waals surface area contributed by atoms with Crippen molar-refractivity contribution in [3.8, 4) is 6.07 Å². The first-order valence-corrected chi connectivity index (χ1v) is 4.13. The molecule has 0 saturated carbocycles. The highest BCUT2D eigenvalue weighted by Crippen LogP contribution is 2.13. The van der Waals surface area contributed by atoms with Crippen LogP contribution in [0, 0.1) is 17.1 Å². The number of nitriles is 1. The predicted molar refractivity (Wildman–Crippen MR) is 52.2 cm³/mol. The van der Waals surface area contributed by atoms with Gasteiger partial charge in [0.25, 0.3) is 0 Å². The molecule has 0 heterocycles. The van der Waals surface area contributed by atoms with Crippen LogP contribution in [0.1, 0.15) is 11.1 Å². The summed E-state index contributed by atoms with van der Waals surface area (Å²) < 4.78 is 17.5. The number of ether oxygens (including phenoxy) is 1. The Balaban J connectivity index is 3.06. The molecule has 0 saturated heterocycles. The van der Waals surface area contributed by atoms with Crippen LogP contribution in [0.5, 0.6) is 0 Å². The van der Waals surface area contributed by atoms with Crippen LogP contribution in [0.4, 0.5) is 4.39 Å². The van der Waals surface area contributed by atoms with Gasteiger partial charge >= 0.3 is 5.97 Å². The molecule has 0 amide bonds. The summed E-state index contributed by atoms with van der Waals surface area (Å²) in [7, 11) is 1.24. The summed E-state index contributed by atoms with van der Waals surface area (Å²) in [4.78, 5) is 10.8. The Morgan fingerprint density at radius 2 is 2.33 bits per heavy atom. The van der Waals surface area contributed by atoms with Crippen molar-refractivity contribution < 1.29 is 13.9 Å². The second kappa shape index (κ2) is 4.91. The summed E-state index contributed by atoms with van der Waals surface area (Å²) in [6, 6.07) is 5.92. The molecular weight excluding hydrogens is 197 g/mol. The van der Waals surface area contributed by atoms with Crippen LogP contribution in [-0.2, 0) is 9.53 Å². The SMILES string of the molecule is COC(=O)C=Cc1cccc(F)c1C#N. The summed E-state index contributed by atoms with van der Waals surface area (Å²) in [5.74, 6) is -1.16. The molecular formula is C11H8FNO2. The Labute approximate surface area is 86.4 Å². The van der Waals surface area contributed by atoms with Gasteiger partial charge < -0.3 is 4.74 Å². The lowest BCUT2D eigenvalue weighted by atomic mass is 10.1. The molecule has 76 valence electrons. The van der Waals surface area contributed by atoms with Crippen LogP contribution >= 0.6 is 0 Å². The number of benzene rings is 1. The molecule has 0 atom stereocenters. The molecule has 1 rings (SSSR count). The van der Waals surface area contributed by atoms with E-state index < -0.39 is 11.8 Å². The topological polar surface area (TPSA) is 50.1 Å². The molecule has 0 aliphatic rings. The molecule has 0 aliphatic carbocycles. The van der Waals surface area contributed by atoms with Gasteiger partial charge in [-0.1, -0.05) is 12.1 Å². The van der Waals surface area contributed by atoms with E-state index in [0.717, 1.165) is 6.08 Å². The fourth-order valence-electron chi connectivity index (χ4n) is 1.02. The number of nitrogens with zero attached hydrogens (tertiary/aromatic N) is 1. The predicted octanol–water partition coefficient (Wildman–Crippen LogP) is 1.88. The minimum Gasteiger partial charge on any atom is -0.466 e. The quantitative estimate of drug-likeness (QED) is 0.547. The molecule has 0 bridgehead atoms. The van der Waals surface area contributed by atoms with E-state index in [0.29, 0.717) is 5.56 Å². The summed E-state index contributed by atoms with van der Waals surface area (Å²) in [5, 5.41) is 8.68. The molecule has 4 heteroatoms. The van der Waals surface area contributed by atoms with E-state index in [1.165, 1.54) is 25.3 Å². The summed E-state index contributed by atoms with van der Waals surface area (Å²) in [6.45, 7) is 0. The monoisotopic (exact) mass is 205 g/mol. The van der Waals surface area contributed by atoms with Crippen molar-refractivity contribution in [2.45, 2.75) is 0 Å². The fraction of sp³-hybridized carbons (Fsp3) is 0.0909. The molecule has 0 spiro atoms. The first-order valence-electron chi connectivity index (χ1n) is 4.13. The molecule has 0 radical (unpaired) electrons. The molecule has 3 nitrogen and oxygen atoms in total. The molecule has 0 unspecified atom stereocenters. The number of rotatable bonds is 2. The molecule has 1 aromatic rings. The largest absolute Gasteiger partial charge is 0.466 e. The van der Waals surface area contributed by atoms with Crippen molar-refractivity contribution in [3.05, 3.63) is 41.2 Å². The van der Waals surface area contributed by atoms with Crippen LogP contribution in [0.3, 0.4) is 0 Å². The van der Waals surface area contributed by atoms with Crippen molar-refractivity contribution in [3.63, 3.8) is 0 Å². The zero-order valence-electron chi connectivity index (χ0n) is 8.03. The summed E-state index contributed by atoms with van der Waals surface area (Å²) in [5.41, 5.74) is 0.264. The molecule has 1 aromatic carbocycles. The van der Waals surface area contributed by atoms with E-state index in [-0.39, 0.29) is 5.56 Å². The zero-order valence-corrected chi connectivity index (χ0v) is 8.03. The van der Waals surface area contributed by atoms with Gasteiger partial charge in [-0.05, 0) is 17.7 Å². The van der Waals surface area contributed by atoms with E-state index in [9.17, 15) is 9.18 Å². The van der Waals surface area contributed by atoms with Gasteiger partial charge in [0.05, 0.1) is 12.7 Å². The third-order valence-corrected chi connectivity index (χ3v) is 1.76. The van der Waals surface area contributed by atoms with Gasteiger partial charge in [-0.2, -0.15) is 5.26 Å². The minimum atomic E-state index is -0.607. The minimum absolute atomic E-state index is 0.0855. The molecule has 0 N–H and O–H groups in total. The molecule has 15 heavy (non-hydrogen) atoms. The molecule has 0 fully saturated rings. The van der Waals surface area contributed by atoms with Gasteiger partial charge in [0.2, 0.25) is 0 Å². The van der Waals surface area contributed by atoms with Gasteiger partial charge in [-0.3, -0.25) is 0 Å². The number of hydrogen-bond acceptors (Lipinski definition) is 3. The highest BCUT2D eigenvalue weighted by Gasteiger charge is 2.04. The van der Waals surface area contributed by atoms with Gasteiger partial charge in [-0.25, -0.2) is 9.18 Å². The standard InChI is InChI=1S/C11H8FNO2/c1-15-11(14)6-5-8-3-2-4-10(12)9(8)7-13/h2-6H,1H3. The van der Waals surface area contributed by atoms with E-state index >= 15 is 0 Å². The normalized spacial score (nSPS) is 9.93. The maximum absolute atomic E-state index is 13.1. The highest BCUT2D eigenvalue weighted by atomic mass is 19.1. The summed E-state index contributed by atoms with van der Waals surface area (Å²) in [6.07, 6.45) is 2.48. The van der Waals surface area contributed by atoms with E-state index in [2.05, 4.69) is 4.74 Å². The smallest absolute Gasteiger partial charge is 0.330 e. The Kier molecular flexibility index (Phi) is 3.58. The van der Waals surface area contributed by atoms with E-state index in [1.54, 1.807) is 12.1 Å². The Morgan fingerprint density at radius 1 is 1.60 bits per heavy atom. The van der Waals surface area contributed by atoms with Crippen LogP contribution in [-0.4, -0.2) is 13.1 Å². The first-order chi connectivity index (χ1) is 7.19. The number of carbonyl (C=O) groups excluding carboxylic acids is 1. The lowest BCUT2D eigenvalue weighted by Crippen LogP contribution is -1.94. The Bertz CT molecular complexity index is 446. The van der Waals surface area contributed by atoms with Gasteiger partial charge in [0.15, 0.2) is 0 Å². The van der Waals surface area contributed by atoms with Crippen molar-refractivity contribution in [2.24, 2.45) is 0 Å². The maximum Gasteiger partial charge on any atom is 0.330 e. The second-order valence-corrected chi connectivity index (χ2v) is 2.67. The number of esters is 1. The zero-order chi connectivity index (χ0) is 11.3. The van der Waals surface area contributed by atoms with E-state index in [1.807, 2.05) is 0 Å². The Morgan fingerprint density at radius 3 is 2.93 bits per heavy atom.